The third-order valence-corrected chi connectivity index (χ3v) is 3.30. The molecule has 96 valence electrons. The van der Waals surface area contributed by atoms with E-state index in [1.165, 1.54) is 55.3 Å². The zero-order valence-corrected chi connectivity index (χ0v) is 11.7. The summed E-state index contributed by atoms with van der Waals surface area (Å²) in [5.41, 5.74) is 4.36. The lowest BCUT2D eigenvalue weighted by Gasteiger charge is -2.07. The molecule has 0 unspecified atom stereocenters. The van der Waals surface area contributed by atoms with Gasteiger partial charge in [-0.1, -0.05) is 43.5 Å². The van der Waals surface area contributed by atoms with Crippen LogP contribution in [0.2, 0.25) is 0 Å². The monoisotopic (exact) mass is 233 g/mol. The molecule has 0 atom stereocenters. The van der Waals surface area contributed by atoms with E-state index in [-0.39, 0.29) is 0 Å². The maximum absolute atomic E-state index is 3.37. The summed E-state index contributed by atoms with van der Waals surface area (Å²) in [7, 11) is 0. The number of nitrogens with one attached hydrogen (secondary N) is 1. The van der Waals surface area contributed by atoms with Crippen molar-refractivity contribution < 1.29 is 0 Å². The summed E-state index contributed by atoms with van der Waals surface area (Å²) in [6.07, 6.45) is 6.61. The van der Waals surface area contributed by atoms with E-state index in [2.05, 4.69) is 44.3 Å². The van der Waals surface area contributed by atoms with E-state index in [0.717, 1.165) is 6.54 Å². The van der Waals surface area contributed by atoms with Crippen LogP contribution in [0.5, 0.6) is 0 Å². The fourth-order valence-electron chi connectivity index (χ4n) is 2.22. The van der Waals surface area contributed by atoms with Gasteiger partial charge >= 0.3 is 0 Å². The summed E-state index contributed by atoms with van der Waals surface area (Å²) in [4.78, 5) is 0. The van der Waals surface area contributed by atoms with Crippen molar-refractivity contribution in [3.63, 3.8) is 0 Å². The predicted molar refractivity (Wildman–Crippen MR) is 76.6 cm³/mol. The maximum atomic E-state index is 3.37. The summed E-state index contributed by atoms with van der Waals surface area (Å²) in [6, 6.07) is 6.82. The maximum Gasteiger partial charge on any atom is -0.00490 e. The molecule has 0 heterocycles. The van der Waals surface area contributed by atoms with Crippen molar-refractivity contribution >= 4 is 0 Å². The molecule has 1 rings (SSSR count). The van der Waals surface area contributed by atoms with Gasteiger partial charge in [0.2, 0.25) is 0 Å². The highest BCUT2D eigenvalue weighted by atomic mass is 14.8. The first-order valence-electron chi connectivity index (χ1n) is 7.01. The minimum Gasteiger partial charge on any atom is -0.317 e. The molecular weight excluding hydrogens is 206 g/mol. The van der Waals surface area contributed by atoms with Crippen molar-refractivity contribution in [2.75, 3.05) is 13.1 Å². The highest BCUT2D eigenvalue weighted by Gasteiger charge is 1.98. The van der Waals surface area contributed by atoms with E-state index in [4.69, 9.17) is 0 Å². The molecule has 0 radical (unpaired) electrons. The van der Waals surface area contributed by atoms with Crippen LogP contribution in [0.1, 0.15) is 49.3 Å². The number of rotatable bonds is 8. The van der Waals surface area contributed by atoms with Gasteiger partial charge in [-0.05, 0) is 57.3 Å². The summed E-state index contributed by atoms with van der Waals surface area (Å²) >= 11 is 0. The van der Waals surface area contributed by atoms with Crippen molar-refractivity contribution in [3.8, 4) is 0 Å². The van der Waals surface area contributed by atoms with E-state index in [0.29, 0.717) is 0 Å². The third kappa shape index (κ3) is 5.88. The van der Waals surface area contributed by atoms with Gasteiger partial charge in [-0.2, -0.15) is 0 Å². The van der Waals surface area contributed by atoms with E-state index >= 15 is 0 Å². The largest absolute Gasteiger partial charge is 0.317 e. The Morgan fingerprint density at radius 1 is 1.00 bits per heavy atom. The minimum absolute atomic E-state index is 1.10. The van der Waals surface area contributed by atoms with E-state index in [9.17, 15) is 0 Å². The van der Waals surface area contributed by atoms with E-state index in [1.807, 2.05) is 0 Å². The van der Waals surface area contributed by atoms with Crippen LogP contribution in [0.25, 0.3) is 0 Å². The van der Waals surface area contributed by atoms with Crippen LogP contribution >= 0.6 is 0 Å². The molecular formula is C16H27N. The molecule has 0 saturated heterocycles. The Morgan fingerprint density at radius 3 is 2.47 bits per heavy atom. The summed E-state index contributed by atoms with van der Waals surface area (Å²) in [5, 5.41) is 3.37. The Morgan fingerprint density at radius 2 is 1.76 bits per heavy atom. The number of benzene rings is 1. The van der Waals surface area contributed by atoms with Gasteiger partial charge in [0.25, 0.3) is 0 Å². The van der Waals surface area contributed by atoms with Gasteiger partial charge in [-0.25, -0.2) is 0 Å². The first-order chi connectivity index (χ1) is 8.24. The topological polar surface area (TPSA) is 12.0 Å². The molecule has 0 aromatic heterocycles. The van der Waals surface area contributed by atoms with Crippen molar-refractivity contribution in [1.29, 1.82) is 0 Å². The molecule has 1 nitrogen and oxygen atoms in total. The highest BCUT2D eigenvalue weighted by molar-refractivity contribution is 5.30. The molecule has 0 saturated carbocycles. The summed E-state index contributed by atoms with van der Waals surface area (Å²) in [5.74, 6) is 0. The molecule has 0 amide bonds. The molecule has 0 bridgehead atoms. The Balaban J connectivity index is 2.14. The van der Waals surface area contributed by atoms with Gasteiger partial charge in [0.15, 0.2) is 0 Å². The average molecular weight is 233 g/mol. The molecule has 1 aromatic rings. The number of hydrogen-bond acceptors (Lipinski definition) is 1. The normalized spacial score (nSPS) is 10.8. The van der Waals surface area contributed by atoms with Gasteiger partial charge < -0.3 is 5.32 Å². The van der Waals surface area contributed by atoms with Crippen LogP contribution in [0.15, 0.2) is 18.2 Å². The molecule has 0 aliphatic carbocycles. The quantitative estimate of drug-likeness (QED) is 0.669. The van der Waals surface area contributed by atoms with Crippen LogP contribution in [0.3, 0.4) is 0 Å². The fraction of sp³-hybridized carbons (Fsp3) is 0.625. The van der Waals surface area contributed by atoms with Gasteiger partial charge in [-0.3, -0.25) is 0 Å². The molecule has 1 N–H and O–H groups in total. The lowest BCUT2D eigenvalue weighted by atomic mass is 10.00. The zero-order valence-electron chi connectivity index (χ0n) is 11.7. The lowest BCUT2D eigenvalue weighted by molar-refractivity contribution is 0.597. The SMILES string of the molecule is CCNCCCCCCc1ccc(C)cc1C. The molecule has 1 heteroatoms. The first kappa shape index (κ1) is 14.2. The number of aryl methyl sites for hydroxylation is 3. The van der Waals surface area contributed by atoms with E-state index < -0.39 is 0 Å². The van der Waals surface area contributed by atoms with Crippen molar-refractivity contribution in [2.45, 2.75) is 52.9 Å². The van der Waals surface area contributed by atoms with Crippen LogP contribution in [-0.4, -0.2) is 13.1 Å². The molecule has 0 aliphatic heterocycles. The Kier molecular flexibility index (Phi) is 6.95. The smallest absolute Gasteiger partial charge is 0.00490 e. The summed E-state index contributed by atoms with van der Waals surface area (Å²) < 4.78 is 0. The second kappa shape index (κ2) is 8.30. The van der Waals surface area contributed by atoms with Crippen LogP contribution < -0.4 is 5.32 Å². The van der Waals surface area contributed by atoms with Gasteiger partial charge in [-0.15, -0.1) is 0 Å². The van der Waals surface area contributed by atoms with Crippen LogP contribution in [-0.2, 0) is 6.42 Å². The minimum atomic E-state index is 1.10. The fourth-order valence-corrected chi connectivity index (χ4v) is 2.22. The molecule has 0 aliphatic rings. The van der Waals surface area contributed by atoms with Gasteiger partial charge in [0.05, 0.1) is 0 Å². The number of hydrogen-bond donors (Lipinski definition) is 1. The van der Waals surface area contributed by atoms with Crippen molar-refractivity contribution in [2.24, 2.45) is 0 Å². The molecule has 0 fully saturated rings. The first-order valence-corrected chi connectivity index (χ1v) is 7.01. The second-order valence-electron chi connectivity index (χ2n) is 4.95. The third-order valence-electron chi connectivity index (χ3n) is 3.30. The standard InChI is InChI=1S/C16H27N/c1-4-17-12-8-6-5-7-9-16-11-10-14(2)13-15(16)3/h10-11,13,17H,4-9,12H2,1-3H3. The Labute approximate surface area is 107 Å². The average Bonchev–Trinajstić information content (AvgIpc) is 2.30. The number of unbranched alkanes of at least 4 members (excludes halogenated alkanes) is 3. The predicted octanol–water partition coefficient (Wildman–Crippen LogP) is 4.02. The lowest BCUT2D eigenvalue weighted by Crippen LogP contribution is -2.13. The molecule has 0 spiro atoms. The molecule has 17 heavy (non-hydrogen) atoms. The van der Waals surface area contributed by atoms with Gasteiger partial charge in [0.1, 0.15) is 0 Å². The Hall–Kier alpha value is -0.820. The van der Waals surface area contributed by atoms with E-state index in [1.54, 1.807) is 0 Å². The van der Waals surface area contributed by atoms with Crippen molar-refractivity contribution in [1.82, 2.24) is 5.32 Å². The zero-order chi connectivity index (χ0) is 12.5. The van der Waals surface area contributed by atoms with Crippen LogP contribution in [0, 0.1) is 13.8 Å². The van der Waals surface area contributed by atoms with Gasteiger partial charge in [0, 0.05) is 0 Å². The second-order valence-corrected chi connectivity index (χ2v) is 4.95. The highest BCUT2D eigenvalue weighted by Crippen LogP contribution is 2.14. The Bertz CT molecular complexity index is 317. The summed E-state index contributed by atoms with van der Waals surface area (Å²) in [6.45, 7) is 8.84. The van der Waals surface area contributed by atoms with Crippen molar-refractivity contribution in [3.05, 3.63) is 34.9 Å². The van der Waals surface area contributed by atoms with Crippen LogP contribution in [0.4, 0.5) is 0 Å². The molecule has 1 aromatic carbocycles.